The standard InChI is InChI=1S/C16H23N3O2/c1-11(2)10-19(13-7-8-13)16(21)18-14-6-4-3-5-12(14)9-15(17)20/h3-6,11,13H,7-10H2,1-2H3,(H2,17,20)(H,18,21). The molecule has 0 saturated heterocycles. The Morgan fingerprint density at radius 3 is 2.57 bits per heavy atom. The van der Waals surface area contributed by atoms with Gasteiger partial charge in [-0.15, -0.1) is 0 Å². The molecule has 0 aliphatic heterocycles. The average molecular weight is 289 g/mol. The van der Waals surface area contributed by atoms with Crippen molar-refractivity contribution in [2.45, 2.75) is 39.2 Å². The maximum Gasteiger partial charge on any atom is 0.322 e. The quantitative estimate of drug-likeness (QED) is 0.843. The topological polar surface area (TPSA) is 75.4 Å². The van der Waals surface area contributed by atoms with Crippen molar-refractivity contribution in [3.05, 3.63) is 29.8 Å². The van der Waals surface area contributed by atoms with Crippen LogP contribution in [0, 0.1) is 5.92 Å². The van der Waals surface area contributed by atoms with E-state index in [2.05, 4.69) is 19.2 Å². The molecule has 0 spiro atoms. The van der Waals surface area contributed by atoms with Crippen molar-refractivity contribution in [3.8, 4) is 0 Å². The van der Waals surface area contributed by atoms with Crippen molar-refractivity contribution in [1.29, 1.82) is 0 Å². The minimum atomic E-state index is -0.405. The highest BCUT2D eigenvalue weighted by atomic mass is 16.2. The maximum atomic E-state index is 12.5. The van der Waals surface area contributed by atoms with Gasteiger partial charge in [0.15, 0.2) is 0 Å². The van der Waals surface area contributed by atoms with Crippen LogP contribution in [-0.2, 0) is 11.2 Å². The Morgan fingerprint density at radius 1 is 1.33 bits per heavy atom. The fraction of sp³-hybridized carbons (Fsp3) is 0.500. The van der Waals surface area contributed by atoms with Gasteiger partial charge in [0.05, 0.1) is 6.42 Å². The molecular formula is C16H23N3O2. The molecule has 1 aromatic carbocycles. The lowest BCUT2D eigenvalue weighted by Crippen LogP contribution is -2.39. The van der Waals surface area contributed by atoms with E-state index in [-0.39, 0.29) is 12.5 Å². The number of primary amides is 1. The summed E-state index contributed by atoms with van der Waals surface area (Å²) < 4.78 is 0. The van der Waals surface area contributed by atoms with Crippen molar-refractivity contribution in [2.24, 2.45) is 11.7 Å². The zero-order chi connectivity index (χ0) is 15.4. The number of anilines is 1. The van der Waals surface area contributed by atoms with Crippen molar-refractivity contribution in [2.75, 3.05) is 11.9 Å². The zero-order valence-corrected chi connectivity index (χ0v) is 12.6. The number of benzene rings is 1. The number of hydrogen-bond acceptors (Lipinski definition) is 2. The third-order valence-corrected chi connectivity index (χ3v) is 3.43. The van der Waals surface area contributed by atoms with Gasteiger partial charge in [-0.3, -0.25) is 4.79 Å². The molecule has 21 heavy (non-hydrogen) atoms. The summed E-state index contributed by atoms with van der Waals surface area (Å²) in [5, 5.41) is 2.92. The number of amides is 3. The molecular weight excluding hydrogens is 266 g/mol. The van der Waals surface area contributed by atoms with Gasteiger partial charge in [-0.2, -0.15) is 0 Å². The normalized spacial score (nSPS) is 14.0. The number of hydrogen-bond donors (Lipinski definition) is 2. The molecule has 3 N–H and O–H groups in total. The highest BCUT2D eigenvalue weighted by Crippen LogP contribution is 2.28. The van der Waals surface area contributed by atoms with E-state index in [0.29, 0.717) is 17.6 Å². The number of carbonyl (C=O) groups is 2. The molecule has 114 valence electrons. The fourth-order valence-corrected chi connectivity index (χ4v) is 2.35. The summed E-state index contributed by atoms with van der Waals surface area (Å²) in [6.45, 7) is 4.95. The molecule has 2 rings (SSSR count). The van der Waals surface area contributed by atoms with E-state index in [9.17, 15) is 9.59 Å². The molecule has 0 radical (unpaired) electrons. The summed E-state index contributed by atoms with van der Waals surface area (Å²) in [5.41, 5.74) is 6.66. The first-order valence-corrected chi connectivity index (χ1v) is 7.41. The Hall–Kier alpha value is -2.04. The fourth-order valence-electron chi connectivity index (χ4n) is 2.35. The van der Waals surface area contributed by atoms with Gasteiger partial charge in [-0.25, -0.2) is 4.79 Å². The number of nitrogens with two attached hydrogens (primary N) is 1. The number of para-hydroxylation sites is 1. The first kappa shape index (κ1) is 15.4. The molecule has 1 aliphatic carbocycles. The van der Waals surface area contributed by atoms with Crippen LogP contribution < -0.4 is 11.1 Å². The summed E-state index contributed by atoms with van der Waals surface area (Å²) in [6.07, 6.45) is 2.27. The van der Waals surface area contributed by atoms with Gasteiger partial charge in [-0.05, 0) is 30.4 Å². The molecule has 3 amide bonds. The van der Waals surface area contributed by atoms with Crippen molar-refractivity contribution >= 4 is 17.6 Å². The molecule has 5 nitrogen and oxygen atoms in total. The van der Waals surface area contributed by atoms with E-state index in [4.69, 9.17) is 5.73 Å². The summed E-state index contributed by atoms with van der Waals surface area (Å²) in [5.74, 6) is 0.0233. The third-order valence-electron chi connectivity index (χ3n) is 3.43. The Labute approximate surface area is 125 Å². The van der Waals surface area contributed by atoms with Crippen molar-refractivity contribution < 1.29 is 9.59 Å². The van der Waals surface area contributed by atoms with E-state index < -0.39 is 5.91 Å². The highest BCUT2D eigenvalue weighted by Gasteiger charge is 2.33. The predicted octanol–water partition coefficient (Wildman–Crippen LogP) is 2.37. The first-order chi connectivity index (χ1) is 9.97. The molecule has 0 heterocycles. The maximum absolute atomic E-state index is 12.5. The Kier molecular flexibility index (Phi) is 4.83. The van der Waals surface area contributed by atoms with Crippen LogP contribution in [0.25, 0.3) is 0 Å². The van der Waals surface area contributed by atoms with Gasteiger partial charge in [0, 0.05) is 18.3 Å². The first-order valence-electron chi connectivity index (χ1n) is 7.41. The van der Waals surface area contributed by atoms with Crippen LogP contribution >= 0.6 is 0 Å². The van der Waals surface area contributed by atoms with E-state index in [1.54, 1.807) is 6.07 Å². The monoisotopic (exact) mass is 289 g/mol. The number of nitrogens with zero attached hydrogens (tertiary/aromatic N) is 1. The molecule has 1 aliphatic rings. The van der Waals surface area contributed by atoms with Gasteiger partial charge in [0.2, 0.25) is 5.91 Å². The molecule has 1 aromatic rings. The lowest BCUT2D eigenvalue weighted by molar-refractivity contribution is -0.117. The Bertz CT molecular complexity index is 524. The van der Waals surface area contributed by atoms with E-state index in [1.807, 2.05) is 23.1 Å². The minimum absolute atomic E-state index is 0.0943. The molecule has 0 bridgehead atoms. The highest BCUT2D eigenvalue weighted by molar-refractivity contribution is 5.91. The number of nitrogens with one attached hydrogen (secondary N) is 1. The largest absolute Gasteiger partial charge is 0.369 e. The van der Waals surface area contributed by atoms with Crippen LogP contribution in [-0.4, -0.2) is 29.4 Å². The second-order valence-corrected chi connectivity index (χ2v) is 6.01. The van der Waals surface area contributed by atoms with Crippen molar-refractivity contribution in [1.82, 2.24) is 4.90 Å². The van der Waals surface area contributed by atoms with Crippen LogP contribution in [0.5, 0.6) is 0 Å². The summed E-state index contributed by atoms with van der Waals surface area (Å²) in [4.78, 5) is 25.5. The van der Waals surface area contributed by atoms with Gasteiger partial charge in [-0.1, -0.05) is 32.0 Å². The summed E-state index contributed by atoms with van der Waals surface area (Å²) >= 11 is 0. The van der Waals surface area contributed by atoms with E-state index >= 15 is 0 Å². The van der Waals surface area contributed by atoms with Gasteiger partial charge in [0.25, 0.3) is 0 Å². The lowest BCUT2D eigenvalue weighted by Gasteiger charge is -2.25. The summed E-state index contributed by atoms with van der Waals surface area (Å²) in [7, 11) is 0. The second kappa shape index (κ2) is 6.61. The smallest absolute Gasteiger partial charge is 0.322 e. The van der Waals surface area contributed by atoms with Gasteiger partial charge in [0.1, 0.15) is 0 Å². The van der Waals surface area contributed by atoms with Crippen LogP contribution in [0.15, 0.2) is 24.3 Å². The van der Waals surface area contributed by atoms with Crippen molar-refractivity contribution in [3.63, 3.8) is 0 Å². The van der Waals surface area contributed by atoms with Gasteiger partial charge < -0.3 is 16.0 Å². The van der Waals surface area contributed by atoms with E-state index in [1.165, 1.54) is 0 Å². The van der Waals surface area contributed by atoms with Crippen LogP contribution in [0.2, 0.25) is 0 Å². The molecule has 0 atom stereocenters. The zero-order valence-electron chi connectivity index (χ0n) is 12.6. The lowest BCUT2D eigenvalue weighted by atomic mass is 10.1. The number of urea groups is 1. The predicted molar refractivity (Wildman–Crippen MR) is 82.9 cm³/mol. The Balaban J connectivity index is 2.09. The summed E-state index contributed by atoms with van der Waals surface area (Å²) in [6, 6.07) is 7.55. The van der Waals surface area contributed by atoms with Crippen LogP contribution in [0.4, 0.5) is 10.5 Å². The molecule has 1 saturated carbocycles. The number of carbonyl (C=O) groups excluding carboxylic acids is 2. The molecule has 1 fully saturated rings. The minimum Gasteiger partial charge on any atom is -0.369 e. The Morgan fingerprint density at radius 2 is 2.00 bits per heavy atom. The molecule has 0 aromatic heterocycles. The SMILES string of the molecule is CC(C)CN(C(=O)Nc1ccccc1CC(N)=O)C1CC1. The van der Waals surface area contributed by atoms with Crippen LogP contribution in [0.3, 0.4) is 0 Å². The molecule has 5 heteroatoms. The third kappa shape index (κ3) is 4.48. The van der Waals surface area contributed by atoms with Crippen LogP contribution in [0.1, 0.15) is 32.3 Å². The second-order valence-electron chi connectivity index (χ2n) is 6.01. The average Bonchev–Trinajstić information content (AvgIpc) is 3.21. The van der Waals surface area contributed by atoms with Gasteiger partial charge >= 0.3 is 6.03 Å². The number of rotatable bonds is 6. The molecule has 0 unspecified atom stereocenters. The van der Waals surface area contributed by atoms with E-state index in [0.717, 1.165) is 24.9 Å².